The highest BCUT2D eigenvalue weighted by molar-refractivity contribution is 6.27. The quantitative estimate of drug-likeness (QED) is 0.291. The molecule has 98 valence electrons. The zero-order valence-electron chi connectivity index (χ0n) is 10.2. The van der Waals surface area contributed by atoms with Crippen molar-refractivity contribution in [2.45, 2.75) is 25.8 Å². The third-order valence-electron chi connectivity index (χ3n) is 2.49. The molecule has 0 unspecified atom stereocenters. The first-order valence-corrected chi connectivity index (χ1v) is 5.84. The van der Waals surface area contributed by atoms with Crippen LogP contribution >= 0.6 is 0 Å². The van der Waals surface area contributed by atoms with E-state index in [2.05, 4.69) is 5.32 Å². The van der Waals surface area contributed by atoms with Gasteiger partial charge in [0, 0.05) is 0 Å². The number of carbonyl (C=O) groups is 2. The second-order valence-electron chi connectivity index (χ2n) is 3.91. The van der Waals surface area contributed by atoms with E-state index in [1.807, 2.05) is 13.0 Å². The molecule has 1 amide bonds. The van der Waals surface area contributed by atoms with Gasteiger partial charge in [-0.1, -0.05) is 31.6 Å². The summed E-state index contributed by atoms with van der Waals surface area (Å²) in [5, 5.41) is 20.8. The number of amides is 1. The van der Waals surface area contributed by atoms with Gasteiger partial charge in [-0.05, 0) is 12.5 Å². The van der Waals surface area contributed by atoms with Crippen molar-refractivity contribution in [1.82, 2.24) is 5.32 Å². The smallest absolute Gasteiger partial charge is 0.259 e. The van der Waals surface area contributed by atoms with Crippen molar-refractivity contribution < 1.29 is 19.8 Å². The first-order valence-electron chi connectivity index (χ1n) is 5.84. The summed E-state index contributed by atoms with van der Waals surface area (Å²) >= 11 is 0. The van der Waals surface area contributed by atoms with Crippen molar-refractivity contribution in [2.75, 3.05) is 6.61 Å². The molecule has 0 bridgehead atoms. The topological polar surface area (TPSA) is 86.6 Å². The van der Waals surface area contributed by atoms with Gasteiger partial charge in [0.05, 0.1) is 6.61 Å². The number of nitrogens with one attached hydrogen (secondary N) is 1. The zero-order chi connectivity index (χ0) is 13.5. The van der Waals surface area contributed by atoms with E-state index in [0.29, 0.717) is 0 Å². The normalized spacial score (nSPS) is 23.1. The summed E-state index contributed by atoms with van der Waals surface area (Å²) in [6, 6.07) is -0.946. The van der Waals surface area contributed by atoms with Gasteiger partial charge in [0.15, 0.2) is 5.78 Å². The summed E-state index contributed by atoms with van der Waals surface area (Å²) < 4.78 is 0. The molecule has 5 nitrogen and oxygen atoms in total. The lowest BCUT2D eigenvalue weighted by Gasteiger charge is -2.00. The van der Waals surface area contributed by atoms with Gasteiger partial charge in [-0.3, -0.25) is 9.59 Å². The number of ketones is 1. The molecule has 0 aromatic rings. The Morgan fingerprint density at radius 3 is 2.67 bits per heavy atom. The van der Waals surface area contributed by atoms with Crippen molar-refractivity contribution in [3.8, 4) is 0 Å². The molecular weight excluding hydrogens is 234 g/mol. The minimum Gasteiger partial charge on any atom is -0.507 e. The van der Waals surface area contributed by atoms with Crippen LogP contribution < -0.4 is 5.32 Å². The van der Waals surface area contributed by atoms with Gasteiger partial charge in [-0.2, -0.15) is 0 Å². The maximum absolute atomic E-state index is 11.6. The second kappa shape index (κ2) is 6.76. The second-order valence-corrected chi connectivity index (χ2v) is 3.91. The molecule has 1 atom stereocenters. The summed E-state index contributed by atoms with van der Waals surface area (Å²) in [6.07, 6.45) is 8.45. The number of aliphatic hydroxyl groups excluding tert-OH is 2. The van der Waals surface area contributed by atoms with E-state index < -0.39 is 24.3 Å². The lowest BCUT2D eigenvalue weighted by atomic mass is 10.1. The number of Topliss-reactive ketones (excluding diaryl/α,β-unsaturated/α-hetero) is 1. The Kier molecular flexibility index (Phi) is 5.32. The number of rotatable bonds is 5. The molecule has 0 aromatic carbocycles. The molecule has 1 aliphatic heterocycles. The van der Waals surface area contributed by atoms with Crippen LogP contribution in [0.4, 0.5) is 0 Å². The molecule has 0 aromatic heterocycles. The molecule has 1 heterocycles. The van der Waals surface area contributed by atoms with E-state index in [4.69, 9.17) is 5.11 Å². The molecule has 3 N–H and O–H groups in total. The molecule has 0 aliphatic carbocycles. The largest absolute Gasteiger partial charge is 0.507 e. The van der Waals surface area contributed by atoms with Crippen molar-refractivity contribution >= 4 is 11.7 Å². The molecule has 18 heavy (non-hydrogen) atoms. The average Bonchev–Trinajstić information content (AvgIpc) is 2.63. The Balaban J connectivity index is 2.79. The Labute approximate surface area is 106 Å². The highest BCUT2D eigenvalue weighted by atomic mass is 16.3. The maximum atomic E-state index is 11.6. The molecule has 0 radical (unpaired) electrons. The van der Waals surface area contributed by atoms with Crippen LogP contribution in [0.15, 0.2) is 35.6 Å². The van der Waals surface area contributed by atoms with Crippen LogP contribution in [-0.4, -0.2) is 34.6 Å². The van der Waals surface area contributed by atoms with Crippen LogP contribution in [0, 0.1) is 0 Å². The van der Waals surface area contributed by atoms with Crippen LogP contribution in [0.2, 0.25) is 0 Å². The van der Waals surface area contributed by atoms with Gasteiger partial charge in [0.1, 0.15) is 17.4 Å². The minimum absolute atomic E-state index is 0.297. The van der Waals surface area contributed by atoms with Gasteiger partial charge >= 0.3 is 0 Å². The van der Waals surface area contributed by atoms with Crippen molar-refractivity contribution in [3.05, 3.63) is 35.6 Å². The number of carbonyl (C=O) groups excluding carboxylic acids is 2. The first-order chi connectivity index (χ1) is 8.61. The minimum atomic E-state index is -0.946. The number of aliphatic hydroxyl groups is 2. The standard InChI is InChI=1S/C13H17NO4/c1-2-3-4-5-6-7-10(16)11-12(17)9(8-15)14-13(11)18/h4-7,9,15-16H,2-3,8H2,1H3,(H,14,18)/b5-4+,7-6+,11-10-/t9-/m0/s1. The fourth-order valence-electron chi connectivity index (χ4n) is 1.52. The highest BCUT2D eigenvalue weighted by Gasteiger charge is 2.37. The maximum Gasteiger partial charge on any atom is 0.259 e. The van der Waals surface area contributed by atoms with Gasteiger partial charge in [-0.25, -0.2) is 0 Å². The Hall–Kier alpha value is -1.88. The molecule has 5 heteroatoms. The third kappa shape index (κ3) is 3.30. The molecule has 0 saturated carbocycles. The van der Waals surface area contributed by atoms with Crippen LogP contribution in [0.3, 0.4) is 0 Å². The third-order valence-corrected chi connectivity index (χ3v) is 2.49. The molecular formula is C13H17NO4. The summed E-state index contributed by atoms with van der Waals surface area (Å²) in [5.74, 6) is -1.62. The Morgan fingerprint density at radius 2 is 2.11 bits per heavy atom. The molecule has 1 saturated heterocycles. The van der Waals surface area contributed by atoms with Gasteiger partial charge in [0.2, 0.25) is 0 Å². The SMILES string of the molecule is CCC/C=C/C=C/C(O)=C1/C(=O)N[C@@H](CO)C1=O. The van der Waals surface area contributed by atoms with Crippen LogP contribution in [0.5, 0.6) is 0 Å². The van der Waals surface area contributed by atoms with Crippen LogP contribution in [0.1, 0.15) is 19.8 Å². The lowest BCUT2D eigenvalue weighted by Crippen LogP contribution is -2.32. The van der Waals surface area contributed by atoms with Crippen molar-refractivity contribution in [2.24, 2.45) is 0 Å². The number of hydrogen-bond donors (Lipinski definition) is 3. The zero-order valence-corrected chi connectivity index (χ0v) is 10.2. The summed E-state index contributed by atoms with van der Waals surface area (Å²) in [4.78, 5) is 23.0. The summed E-state index contributed by atoms with van der Waals surface area (Å²) in [5.41, 5.74) is -0.297. The number of unbranched alkanes of at least 4 members (excludes halogenated alkanes) is 1. The Bertz CT molecular complexity index is 421. The summed E-state index contributed by atoms with van der Waals surface area (Å²) in [7, 11) is 0. The number of allylic oxidation sites excluding steroid dienone is 4. The van der Waals surface area contributed by atoms with Crippen molar-refractivity contribution in [1.29, 1.82) is 0 Å². The Morgan fingerprint density at radius 1 is 1.39 bits per heavy atom. The lowest BCUT2D eigenvalue weighted by molar-refractivity contribution is -0.117. The van der Waals surface area contributed by atoms with E-state index in [1.54, 1.807) is 12.2 Å². The molecule has 1 aliphatic rings. The van der Waals surface area contributed by atoms with Crippen LogP contribution in [-0.2, 0) is 9.59 Å². The monoisotopic (exact) mass is 251 g/mol. The van der Waals surface area contributed by atoms with E-state index >= 15 is 0 Å². The highest BCUT2D eigenvalue weighted by Crippen LogP contribution is 2.14. The van der Waals surface area contributed by atoms with Gasteiger partial charge in [-0.15, -0.1) is 0 Å². The van der Waals surface area contributed by atoms with E-state index in [1.165, 1.54) is 6.08 Å². The molecule has 1 fully saturated rings. The predicted molar refractivity (Wildman–Crippen MR) is 66.9 cm³/mol. The van der Waals surface area contributed by atoms with E-state index in [9.17, 15) is 14.7 Å². The predicted octanol–water partition coefficient (Wildman–Crippen LogP) is 0.771. The first kappa shape index (κ1) is 14.2. The van der Waals surface area contributed by atoms with Gasteiger partial charge < -0.3 is 15.5 Å². The molecule has 0 spiro atoms. The fourth-order valence-corrected chi connectivity index (χ4v) is 1.52. The summed E-state index contributed by atoms with van der Waals surface area (Å²) in [6.45, 7) is 1.57. The molecule has 1 rings (SSSR count). The van der Waals surface area contributed by atoms with Crippen LogP contribution in [0.25, 0.3) is 0 Å². The fraction of sp³-hybridized carbons (Fsp3) is 0.385. The number of hydrogen-bond acceptors (Lipinski definition) is 4. The average molecular weight is 251 g/mol. The van der Waals surface area contributed by atoms with Crippen molar-refractivity contribution in [3.63, 3.8) is 0 Å². The van der Waals surface area contributed by atoms with E-state index in [-0.39, 0.29) is 11.3 Å². The van der Waals surface area contributed by atoms with Gasteiger partial charge in [0.25, 0.3) is 5.91 Å². The van der Waals surface area contributed by atoms with E-state index in [0.717, 1.165) is 12.8 Å².